The van der Waals surface area contributed by atoms with Gasteiger partial charge in [0.25, 0.3) is 0 Å². The number of nitrogens with two attached hydrogens (primary N) is 1. The average molecular weight is 264 g/mol. The predicted octanol–water partition coefficient (Wildman–Crippen LogP) is 0.191. The molecule has 6 nitrogen and oxygen atoms in total. The van der Waals surface area contributed by atoms with Crippen molar-refractivity contribution in [3.8, 4) is 0 Å². The largest absolute Gasteiger partial charge is 0.397 e. The molecule has 0 bridgehead atoms. The Bertz CT molecular complexity index is 431. The van der Waals surface area contributed by atoms with Gasteiger partial charge in [0.1, 0.15) is 0 Å². The van der Waals surface area contributed by atoms with E-state index in [1.165, 1.54) is 11.1 Å². The molecule has 0 atom stereocenters. The number of amides is 2. The molecule has 1 heterocycles. The van der Waals surface area contributed by atoms with Crippen molar-refractivity contribution in [2.24, 2.45) is 0 Å². The quantitative estimate of drug-likeness (QED) is 0.767. The second-order valence-electron chi connectivity index (χ2n) is 4.36. The number of carbonyl (C=O) groups is 2. The number of rotatable bonds is 6. The summed E-state index contributed by atoms with van der Waals surface area (Å²) in [6.07, 6.45) is 2.55. The fraction of sp³-hybridized carbons (Fsp3) is 0.462. The van der Waals surface area contributed by atoms with Crippen LogP contribution in [0.4, 0.5) is 5.69 Å². The summed E-state index contributed by atoms with van der Waals surface area (Å²) in [6, 6.07) is 3.40. The number of likely N-dealkylation sites (N-methyl/N-ethyl adjacent to an activating group) is 1. The zero-order valence-electron chi connectivity index (χ0n) is 11.3. The van der Waals surface area contributed by atoms with E-state index in [4.69, 9.17) is 5.73 Å². The van der Waals surface area contributed by atoms with Crippen molar-refractivity contribution < 1.29 is 9.59 Å². The number of carbonyl (C=O) groups excluding carboxylic acids is 2. The maximum atomic E-state index is 11.9. The van der Waals surface area contributed by atoms with Gasteiger partial charge in [-0.2, -0.15) is 0 Å². The number of nitrogens with one attached hydrogen (secondary N) is 1. The first-order valence-corrected chi connectivity index (χ1v) is 6.24. The zero-order valence-corrected chi connectivity index (χ0v) is 11.3. The Morgan fingerprint density at radius 1 is 1.42 bits per heavy atom. The molecule has 0 aliphatic carbocycles. The van der Waals surface area contributed by atoms with E-state index in [1.54, 1.807) is 19.2 Å². The molecule has 3 N–H and O–H groups in total. The Kier molecular flexibility index (Phi) is 5.78. The zero-order chi connectivity index (χ0) is 14.3. The molecule has 0 unspecified atom stereocenters. The third-order valence-electron chi connectivity index (χ3n) is 2.56. The predicted molar refractivity (Wildman–Crippen MR) is 73.3 cm³/mol. The number of hydrogen-bond donors (Lipinski definition) is 2. The second-order valence-corrected chi connectivity index (χ2v) is 4.36. The van der Waals surface area contributed by atoms with Gasteiger partial charge in [0, 0.05) is 19.3 Å². The number of pyridine rings is 1. The van der Waals surface area contributed by atoms with Crippen LogP contribution < -0.4 is 11.1 Å². The smallest absolute Gasteiger partial charge is 0.239 e. The fourth-order valence-corrected chi connectivity index (χ4v) is 1.45. The van der Waals surface area contributed by atoms with E-state index in [-0.39, 0.29) is 24.8 Å². The summed E-state index contributed by atoms with van der Waals surface area (Å²) in [6.45, 7) is 2.66. The van der Waals surface area contributed by atoms with Crippen LogP contribution >= 0.6 is 0 Å². The number of anilines is 1. The van der Waals surface area contributed by atoms with E-state index in [2.05, 4.69) is 10.3 Å². The molecule has 0 saturated carbocycles. The van der Waals surface area contributed by atoms with Gasteiger partial charge in [0.05, 0.1) is 24.8 Å². The molecular weight excluding hydrogens is 244 g/mol. The second kappa shape index (κ2) is 7.35. The van der Waals surface area contributed by atoms with Gasteiger partial charge in [-0.05, 0) is 18.6 Å². The molecule has 0 aromatic carbocycles. The average Bonchev–Trinajstić information content (AvgIpc) is 2.39. The van der Waals surface area contributed by atoms with Crippen LogP contribution in [0.15, 0.2) is 18.3 Å². The molecule has 0 aliphatic heterocycles. The lowest BCUT2D eigenvalue weighted by Gasteiger charge is -2.16. The normalized spacial score (nSPS) is 10.0. The number of hydrogen-bond acceptors (Lipinski definition) is 4. The first-order chi connectivity index (χ1) is 9.02. The maximum Gasteiger partial charge on any atom is 0.239 e. The van der Waals surface area contributed by atoms with Gasteiger partial charge in [-0.1, -0.05) is 6.92 Å². The molecule has 104 valence electrons. The topological polar surface area (TPSA) is 88.3 Å². The van der Waals surface area contributed by atoms with E-state index in [0.29, 0.717) is 17.9 Å². The molecule has 1 aromatic rings. The van der Waals surface area contributed by atoms with Crippen molar-refractivity contribution in [1.29, 1.82) is 0 Å². The number of nitrogen functional groups attached to an aromatic ring is 1. The minimum Gasteiger partial charge on any atom is -0.397 e. The fourth-order valence-electron chi connectivity index (χ4n) is 1.45. The van der Waals surface area contributed by atoms with Gasteiger partial charge in [-0.15, -0.1) is 0 Å². The molecule has 6 heteroatoms. The Hall–Kier alpha value is -2.11. The van der Waals surface area contributed by atoms with Gasteiger partial charge < -0.3 is 16.0 Å². The van der Waals surface area contributed by atoms with E-state index in [1.807, 2.05) is 6.92 Å². The van der Waals surface area contributed by atoms with Crippen molar-refractivity contribution in [2.75, 3.05) is 25.9 Å². The lowest BCUT2D eigenvalue weighted by atomic mass is 10.2. The van der Waals surface area contributed by atoms with Crippen LogP contribution in [0, 0.1) is 0 Å². The Morgan fingerprint density at radius 2 is 2.16 bits per heavy atom. The van der Waals surface area contributed by atoms with Gasteiger partial charge in [0.15, 0.2) is 0 Å². The summed E-state index contributed by atoms with van der Waals surface area (Å²) in [7, 11) is 1.60. The van der Waals surface area contributed by atoms with Crippen molar-refractivity contribution in [3.63, 3.8) is 0 Å². The summed E-state index contributed by atoms with van der Waals surface area (Å²) in [5.74, 6) is -0.299. The number of aromatic nitrogens is 1. The van der Waals surface area contributed by atoms with E-state index in [0.717, 1.165) is 6.42 Å². The Morgan fingerprint density at radius 3 is 2.74 bits per heavy atom. The lowest BCUT2D eigenvalue weighted by molar-refractivity contribution is -0.134. The van der Waals surface area contributed by atoms with Crippen LogP contribution in [0.2, 0.25) is 0 Å². The Balaban J connectivity index is 2.44. The molecule has 2 amide bonds. The minimum atomic E-state index is -0.150. The molecule has 1 aromatic heterocycles. The molecule has 0 spiro atoms. The highest BCUT2D eigenvalue weighted by molar-refractivity contribution is 5.85. The van der Waals surface area contributed by atoms with Gasteiger partial charge in [-0.3, -0.25) is 14.6 Å². The van der Waals surface area contributed by atoms with Gasteiger partial charge in [-0.25, -0.2) is 0 Å². The molecule has 19 heavy (non-hydrogen) atoms. The molecule has 0 radical (unpaired) electrons. The summed E-state index contributed by atoms with van der Waals surface area (Å²) in [5, 5.41) is 2.72. The first kappa shape index (κ1) is 14.9. The van der Waals surface area contributed by atoms with Gasteiger partial charge >= 0.3 is 0 Å². The van der Waals surface area contributed by atoms with Crippen LogP contribution in [0.1, 0.15) is 19.0 Å². The van der Waals surface area contributed by atoms with Crippen LogP contribution in [0.25, 0.3) is 0 Å². The minimum absolute atomic E-state index is 0.0633. The first-order valence-electron chi connectivity index (χ1n) is 6.24. The van der Waals surface area contributed by atoms with Crippen LogP contribution in [-0.2, 0) is 16.0 Å². The SMILES string of the molecule is CCCNC(=O)CN(C)C(=O)Cc1ccc(N)cn1. The molecule has 0 aliphatic rings. The summed E-state index contributed by atoms with van der Waals surface area (Å²) in [5.41, 5.74) is 6.72. The standard InChI is InChI=1S/C13H20N4O2/c1-3-6-15-12(18)9-17(2)13(19)7-11-5-4-10(14)8-16-11/h4-5,8H,3,6-7,9,14H2,1-2H3,(H,15,18). The van der Waals surface area contributed by atoms with Crippen molar-refractivity contribution in [1.82, 2.24) is 15.2 Å². The van der Waals surface area contributed by atoms with Crippen LogP contribution in [0.5, 0.6) is 0 Å². The highest BCUT2D eigenvalue weighted by atomic mass is 16.2. The lowest BCUT2D eigenvalue weighted by Crippen LogP contribution is -2.39. The molecule has 0 saturated heterocycles. The summed E-state index contributed by atoms with van der Waals surface area (Å²) in [4.78, 5) is 28.8. The van der Waals surface area contributed by atoms with Crippen LogP contribution in [-0.4, -0.2) is 41.8 Å². The summed E-state index contributed by atoms with van der Waals surface area (Å²) < 4.78 is 0. The molecular formula is C13H20N4O2. The van der Waals surface area contributed by atoms with Crippen molar-refractivity contribution >= 4 is 17.5 Å². The highest BCUT2D eigenvalue weighted by Gasteiger charge is 2.13. The monoisotopic (exact) mass is 264 g/mol. The molecule has 0 fully saturated rings. The third-order valence-corrected chi connectivity index (χ3v) is 2.56. The van der Waals surface area contributed by atoms with E-state index >= 15 is 0 Å². The van der Waals surface area contributed by atoms with E-state index < -0.39 is 0 Å². The van der Waals surface area contributed by atoms with Crippen molar-refractivity contribution in [2.45, 2.75) is 19.8 Å². The number of nitrogens with zero attached hydrogens (tertiary/aromatic N) is 2. The van der Waals surface area contributed by atoms with E-state index in [9.17, 15) is 9.59 Å². The Labute approximate surface area is 113 Å². The van der Waals surface area contributed by atoms with Gasteiger partial charge in [0.2, 0.25) is 11.8 Å². The summed E-state index contributed by atoms with van der Waals surface area (Å²) >= 11 is 0. The highest BCUT2D eigenvalue weighted by Crippen LogP contribution is 2.03. The third kappa shape index (κ3) is 5.37. The van der Waals surface area contributed by atoms with Crippen LogP contribution in [0.3, 0.4) is 0 Å². The van der Waals surface area contributed by atoms with Crippen molar-refractivity contribution in [3.05, 3.63) is 24.0 Å². The maximum absolute atomic E-state index is 11.9. The molecule has 1 rings (SSSR count).